The second-order valence-electron chi connectivity index (χ2n) is 9.90. The molecule has 0 amide bonds. The van der Waals surface area contributed by atoms with Crippen LogP contribution in [0.2, 0.25) is 20.6 Å². The van der Waals surface area contributed by atoms with Crippen molar-refractivity contribution in [2.24, 2.45) is 33.2 Å². The van der Waals surface area contributed by atoms with Crippen LogP contribution in [0.4, 0.5) is 0 Å². The fourth-order valence-corrected chi connectivity index (χ4v) is 4.65. The van der Waals surface area contributed by atoms with E-state index >= 15 is 0 Å². The van der Waals surface area contributed by atoms with Crippen molar-refractivity contribution in [3.63, 3.8) is 0 Å². The molecule has 2 aromatic heterocycles. The normalized spacial score (nSPS) is 11.7. The van der Waals surface area contributed by atoms with E-state index in [1.54, 1.807) is 71.2 Å². The second-order valence-corrected chi connectivity index (χ2v) is 14.4. The van der Waals surface area contributed by atoms with Gasteiger partial charge in [-0.3, -0.25) is 0 Å². The van der Waals surface area contributed by atoms with Crippen molar-refractivity contribution >= 4 is 145 Å². The van der Waals surface area contributed by atoms with Crippen LogP contribution in [0, 0.1) is 65.4 Å². The third-order valence-corrected chi connectivity index (χ3v) is 9.95. The van der Waals surface area contributed by atoms with E-state index in [0.717, 1.165) is 0 Å². The van der Waals surface area contributed by atoms with Gasteiger partial charge in [-0.25, -0.2) is 23.3 Å². The number of allylic oxidation sites excluding steroid dienone is 1. The molecule has 0 aromatic carbocycles. The third kappa shape index (κ3) is 49.9. The average molecular weight is 1690 g/mol. The zero-order valence-electron chi connectivity index (χ0n) is 34.9. The Labute approximate surface area is 522 Å². The molecule has 408 valence electrons. The molecule has 67 heavy (non-hydrogen) atoms. The van der Waals surface area contributed by atoms with Gasteiger partial charge in [0.15, 0.2) is 0 Å². The van der Waals surface area contributed by atoms with Crippen molar-refractivity contribution in [2.45, 2.75) is 13.3 Å². The van der Waals surface area contributed by atoms with Crippen LogP contribution in [-0.4, -0.2) is 88.9 Å². The number of halogens is 13. The van der Waals surface area contributed by atoms with Crippen LogP contribution < -0.4 is 33.1 Å². The monoisotopic (exact) mass is 1680 g/mol. The number of aryl methyl sites for hydroxylation is 4. The molecule has 5 rings (SSSR count). The van der Waals surface area contributed by atoms with Crippen molar-refractivity contribution in [2.75, 3.05) is 33.5 Å². The van der Waals surface area contributed by atoms with Crippen molar-refractivity contribution < 1.29 is 145 Å². The molecule has 3 aliphatic rings. The molecule has 0 aliphatic carbocycles. The molecule has 5 heterocycles. The second kappa shape index (κ2) is 54.3. The van der Waals surface area contributed by atoms with Crippen LogP contribution in [0.25, 0.3) is 0 Å². The zero-order valence-corrected chi connectivity index (χ0v) is 52.0. The molecule has 0 atom stereocenters. The standard InChI is InChI=1S/4C5H7Cl2N2.C4H3Cl2N.C2H3N.CH2Cl2.4Ag.HI.HNO3.2NO3.O/c4*1-8-3-9(2)5(7)4(8)6;5-3-1-2-7-4(3)6;1-2-3;2-1-3;;;;;;3*2-1(3)4;/h4*3H,1-2H3;2H,1H2;1H3;1H2;;;;;1H;(H,2,3,4);;;/q2*-1;2*+1;;;;;;;;;;2*-1;/p-1. The van der Waals surface area contributed by atoms with E-state index in [0.29, 0.717) is 57.8 Å². The number of nitriles is 1. The first kappa shape index (κ1) is 90.3. The minimum absolute atomic E-state index is 0. The molecule has 40 heteroatoms. The van der Waals surface area contributed by atoms with Gasteiger partial charge in [0.05, 0.1) is 54.8 Å². The summed E-state index contributed by atoms with van der Waals surface area (Å²) >= 11 is 67.8. The van der Waals surface area contributed by atoms with E-state index in [9.17, 15) is 0 Å². The predicted octanol–water partition coefficient (Wildman–Crippen LogP) is 5.60. The molecule has 3 radical (unpaired) electrons. The van der Waals surface area contributed by atoms with E-state index in [2.05, 4.69) is 4.99 Å². The molecule has 0 fully saturated rings. The summed E-state index contributed by atoms with van der Waals surface area (Å²) in [5.41, 5.74) is 0. The van der Waals surface area contributed by atoms with Crippen LogP contribution in [0.1, 0.15) is 13.3 Å². The maximum absolute atomic E-state index is 8.36. The molecule has 23 nitrogen and oxygen atoms in total. The Morgan fingerprint density at radius 2 is 0.881 bits per heavy atom. The van der Waals surface area contributed by atoms with E-state index in [1.807, 2.05) is 82.4 Å². The molecule has 3 aliphatic heterocycles. The fourth-order valence-electron chi connectivity index (χ4n) is 2.97. The van der Waals surface area contributed by atoms with E-state index in [4.69, 9.17) is 194 Å². The van der Waals surface area contributed by atoms with Gasteiger partial charge in [0.25, 0.3) is 25.7 Å². The number of alkyl halides is 2. The molecule has 0 bridgehead atoms. The Morgan fingerprint density at radius 3 is 0.925 bits per heavy atom. The number of hydrogen-bond acceptors (Lipinski definition) is 15. The molecular formula is C27H37Ag4Cl12IN13O10-3. The molecule has 0 saturated heterocycles. The van der Waals surface area contributed by atoms with Crippen LogP contribution in [0.5, 0.6) is 0 Å². The summed E-state index contributed by atoms with van der Waals surface area (Å²) < 4.78 is 15.1. The average Bonchev–Trinajstić information content (AvgIpc) is 3.87. The summed E-state index contributed by atoms with van der Waals surface area (Å²) in [5.74, 6) is 0. The van der Waals surface area contributed by atoms with Gasteiger partial charge in [0.1, 0.15) is 25.8 Å². The van der Waals surface area contributed by atoms with Gasteiger partial charge in [0.2, 0.25) is 12.7 Å². The van der Waals surface area contributed by atoms with Gasteiger partial charge < -0.3 is 79.4 Å². The molecule has 1 N–H and O–H groups in total. The number of aliphatic imine (C=N–C) groups is 1. The number of rotatable bonds is 0. The van der Waals surface area contributed by atoms with Crippen molar-refractivity contribution in [1.82, 2.24) is 28.7 Å². The number of hydrogen-bond donors (Lipinski definition) is 1. The minimum atomic E-state index is -1.75. The van der Waals surface area contributed by atoms with E-state index < -0.39 is 15.3 Å². The van der Waals surface area contributed by atoms with Crippen molar-refractivity contribution in [3.05, 3.63) is 118 Å². The summed E-state index contributed by atoms with van der Waals surface area (Å²) in [6, 6.07) is 1.75. The number of aromatic nitrogens is 4. The number of nitrogens with zero attached hydrogens (tertiary/aromatic N) is 13. The van der Waals surface area contributed by atoms with Crippen molar-refractivity contribution in [1.29, 1.82) is 5.26 Å². The van der Waals surface area contributed by atoms with Gasteiger partial charge in [-0.15, -0.1) is 33.3 Å². The van der Waals surface area contributed by atoms with Crippen molar-refractivity contribution in [3.8, 4) is 6.07 Å². The summed E-state index contributed by atoms with van der Waals surface area (Å²) in [5, 5.41) is 56.3. The first-order valence-electron chi connectivity index (χ1n) is 14.9. The Kier molecular flexibility index (Phi) is 73.3. The molecule has 2 aromatic rings. The fraction of sp³-hybridized carbons (Fsp3) is 0.407. The van der Waals surface area contributed by atoms with Gasteiger partial charge in [-0.05, 0) is 74.6 Å². The molecule has 0 saturated carbocycles. The third-order valence-electron chi connectivity index (χ3n) is 5.24. The van der Waals surface area contributed by atoms with Crippen LogP contribution in [0.3, 0.4) is 0 Å². The van der Waals surface area contributed by atoms with E-state index in [1.165, 1.54) is 6.92 Å². The zero-order chi connectivity index (χ0) is 51.5. The summed E-state index contributed by atoms with van der Waals surface area (Å²) in [6.45, 7) is 5.05. The Bertz CT molecular complexity index is 1670. The van der Waals surface area contributed by atoms with Gasteiger partial charge in [-0.1, -0.05) is 69.6 Å². The molecule has 0 spiro atoms. The van der Waals surface area contributed by atoms with Gasteiger partial charge in [-0.2, -0.15) is 18.6 Å². The summed E-state index contributed by atoms with van der Waals surface area (Å²) in [6.07, 6.45) is 6.00. The Hall–Kier alpha value is 0.571. The predicted molar refractivity (Wildman–Crippen MR) is 240 cm³/mol. The van der Waals surface area contributed by atoms with Crippen LogP contribution in [-0.2, 0) is 120 Å². The van der Waals surface area contributed by atoms with Crippen LogP contribution >= 0.6 is 139 Å². The topological polar surface area (TPSA) is 280 Å². The summed E-state index contributed by atoms with van der Waals surface area (Å²) in [7, 11) is 14.7. The molecular weight excluding hydrogens is 1650 g/mol. The first-order valence-corrected chi connectivity index (χ1v) is 20.3. The number of imidazole rings is 2. The Balaban J connectivity index is -0.0000000683. The maximum atomic E-state index is 8.36. The first-order chi connectivity index (χ1) is 28.8. The SMILES string of the molecule is CC#N.CN1[CH-]N(C)C(Cl)=C1Cl.CN1[CH-]N(C)C(Cl)=C1Cl.ClC1=C(Cl)N=CC1.ClCCl.Cn1c[n+](C)c(Cl)c1Cl.Cn1c[n+](C)c(Cl)c1Cl.O=[N+]([O-])O.O=[N+]([O-])[O-].O=[N+]([O-])[O-].[Ag].[Ag].[Ag].[I-].[O]=[Ag]. The summed E-state index contributed by atoms with van der Waals surface area (Å²) in [4.78, 5) is 35.6. The molecule has 0 unspecified atom stereocenters. The van der Waals surface area contributed by atoms with Gasteiger partial charge >= 0.3 is 24.3 Å². The van der Waals surface area contributed by atoms with Gasteiger partial charge in [0, 0.05) is 86.7 Å². The Morgan fingerprint density at radius 1 is 0.687 bits per heavy atom. The van der Waals surface area contributed by atoms with Crippen LogP contribution in [0.15, 0.2) is 48.5 Å². The van der Waals surface area contributed by atoms with E-state index in [-0.39, 0.29) is 96.5 Å². The quantitative estimate of drug-likeness (QED) is 0.0492.